The van der Waals surface area contributed by atoms with Gasteiger partial charge in [0.15, 0.2) is 0 Å². The minimum absolute atomic E-state index is 0.583. The van der Waals surface area contributed by atoms with Crippen LogP contribution in [0.4, 0.5) is 0 Å². The van der Waals surface area contributed by atoms with Crippen molar-refractivity contribution in [3.05, 3.63) is 29.8 Å². The maximum atomic E-state index is 5.45. The lowest BCUT2D eigenvalue weighted by Gasteiger charge is -2.33. The van der Waals surface area contributed by atoms with Crippen LogP contribution in [0.15, 0.2) is 24.3 Å². The second kappa shape index (κ2) is 7.65. The lowest BCUT2D eigenvalue weighted by atomic mass is 9.97. The second-order valence-electron chi connectivity index (χ2n) is 6.12. The van der Waals surface area contributed by atoms with Crippen LogP contribution in [0, 0.1) is 5.92 Å². The minimum Gasteiger partial charge on any atom is -0.496 e. The smallest absolute Gasteiger partial charge is 0.123 e. The van der Waals surface area contributed by atoms with E-state index in [1.165, 1.54) is 31.5 Å². The van der Waals surface area contributed by atoms with E-state index in [1.54, 1.807) is 7.11 Å². The quantitative estimate of drug-likeness (QED) is 0.864. The van der Waals surface area contributed by atoms with Crippen molar-refractivity contribution < 1.29 is 4.74 Å². The number of likely N-dealkylation sites (tertiary alicyclic amines) is 1. The van der Waals surface area contributed by atoms with Crippen LogP contribution < -0.4 is 10.1 Å². The van der Waals surface area contributed by atoms with Crippen molar-refractivity contribution in [1.29, 1.82) is 0 Å². The highest BCUT2D eigenvalue weighted by atomic mass is 16.5. The summed E-state index contributed by atoms with van der Waals surface area (Å²) in [4.78, 5) is 2.56. The monoisotopic (exact) mass is 276 g/mol. The van der Waals surface area contributed by atoms with Gasteiger partial charge in [0.25, 0.3) is 0 Å². The van der Waals surface area contributed by atoms with Gasteiger partial charge in [-0.15, -0.1) is 0 Å². The van der Waals surface area contributed by atoms with Gasteiger partial charge in [-0.2, -0.15) is 0 Å². The first kappa shape index (κ1) is 15.3. The molecule has 0 bridgehead atoms. The van der Waals surface area contributed by atoms with E-state index in [4.69, 9.17) is 4.74 Å². The minimum atomic E-state index is 0.583. The van der Waals surface area contributed by atoms with Crippen molar-refractivity contribution in [3.63, 3.8) is 0 Å². The Balaban J connectivity index is 1.89. The molecule has 1 N–H and O–H groups in total. The summed E-state index contributed by atoms with van der Waals surface area (Å²) in [5.74, 6) is 1.79. The SMILES string of the molecule is COc1ccccc1CN1CCCC(CNC(C)C)C1. The zero-order chi connectivity index (χ0) is 14.4. The van der Waals surface area contributed by atoms with E-state index in [-0.39, 0.29) is 0 Å². The number of nitrogens with one attached hydrogen (secondary N) is 1. The molecular formula is C17H28N2O. The predicted octanol–water partition coefficient (Wildman–Crippen LogP) is 2.91. The van der Waals surface area contributed by atoms with E-state index in [0.29, 0.717) is 6.04 Å². The molecule has 2 rings (SSSR count). The van der Waals surface area contributed by atoms with Gasteiger partial charge in [-0.05, 0) is 37.9 Å². The molecule has 3 heteroatoms. The molecule has 1 unspecified atom stereocenters. The Bertz CT molecular complexity index is 406. The van der Waals surface area contributed by atoms with Gasteiger partial charge in [0.2, 0.25) is 0 Å². The van der Waals surface area contributed by atoms with Gasteiger partial charge in [0.1, 0.15) is 5.75 Å². The normalized spacial score (nSPS) is 20.3. The van der Waals surface area contributed by atoms with Crippen molar-refractivity contribution in [3.8, 4) is 5.75 Å². The van der Waals surface area contributed by atoms with E-state index < -0.39 is 0 Å². The summed E-state index contributed by atoms with van der Waals surface area (Å²) in [6, 6.07) is 8.94. The maximum absolute atomic E-state index is 5.45. The first-order valence-corrected chi connectivity index (χ1v) is 7.76. The number of piperidine rings is 1. The average Bonchev–Trinajstić information content (AvgIpc) is 2.46. The third-order valence-electron chi connectivity index (χ3n) is 4.00. The number of hydrogen-bond donors (Lipinski definition) is 1. The highest BCUT2D eigenvalue weighted by Gasteiger charge is 2.20. The molecule has 1 aliphatic heterocycles. The molecule has 0 radical (unpaired) electrons. The molecule has 1 aromatic carbocycles. The van der Waals surface area contributed by atoms with E-state index >= 15 is 0 Å². The molecule has 112 valence electrons. The highest BCUT2D eigenvalue weighted by Crippen LogP contribution is 2.23. The highest BCUT2D eigenvalue weighted by molar-refractivity contribution is 5.33. The second-order valence-corrected chi connectivity index (χ2v) is 6.12. The number of benzene rings is 1. The van der Waals surface area contributed by atoms with Gasteiger partial charge in [-0.1, -0.05) is 32.0 Å². The van der Waals surface area contributed by atoms with Crippen LogP contribution in [0.3, 0.4) is 0 Å². The van der Waals surface area contributed by atoms with Crippen molar-refractivity contribution in [2.24, 2.45) is 5.92 Å². The molecule has 0 saturated carbocycles. The molecule has 1 heterocycles. The first-order valence-electron chi connectivity index (χ1n) is 7.76. The number of methoxy groups -OCH3 is 1. The molecule has 1 aliphatic rings. The largest absolute Gasteiger partial charge is 0.496 e. The zero-order valence-electron chi connectivity index (χ0n) is 13.1. The Hall–Kier alpha value is -1.06. The van der Waals surface area contributed by atoms with Gasteiger partial charge >= 0.3 is 0 Å². The third kappa shape index (κ3) is 4.50. The van der Waals surface area contributed by atoms with Gasteiger partial charge in [-0.25, -0.2) is 0 Å². The van der Waals surface area contributed by atoms with E-state index in [2.05, 4.69) is 42.3 Å². The fourth-order valence-electron chi connectivity index (χ4n) is 2.94. The van der Waals surface area contributed by atoms with Crippen LogP contribution in [-0.4, -0.2) is 37.7 Å². The molecule has 3 nitrogen and oxygen atoms in total. The molecule has 0 aliphatic carbocycles. The topological polar surface area (TPSA) is 24.5 Å². The Kier molecular flexibility index (Phi) is 5.86. The fourth-order valence-corrected chi connectivity index (χ4v) is 2.94. The Morgan fingerprint density at radius 2 is 2.15 bits per heavy atom. The molecule has 1 atom stereocenters. The maximum Gasteiger partial charge on any atom is 0.123 e. The molecular weight excluding hydrogens is 248 g/mol. The number of ether oxygens (including phenoxy) is 1. The standard InChI is InChI=1S/C17H28N2O/c1-14(2)18-11-15-7-6-10-19(12-15)13-16-8-4-5-9-17(16)20-3/h4-5,8-9,14-15,18H,6-7,10-13H2,1-3H3. The molecule has 0 aromatic heterocycles. The molecule has 0 amide bonds. The van der Waals surface area contributed by atoms with Crippen molar-refractivity contribution in [2.75, 3.05) is 26.7 Å². The van der Waals surface area contributed by atoms with Crippen LogP contribution >= 0.6 is 0 Å². The molecule has 20 heavy (non-hydrogen) atoms. The lowest BCUT2D eigenvalue weighted by Crippen LogP contribution is -2.40. The Morgan fingerprint density at radius 3 is 2.90 bits per heavy atom. The van der Waals surface area contributed by atoms with Gasteiger partial charge < -0.3 is 10.1 Å². The van der Waals surface area contributed by atoms with Crippen LogP contribution in [0.25, 0.3) is 0 Å². The summed E-state index contributed by atoms with van der Waals surface area (Å²) < 4.78 is 5.45. The van der Waals surface area contributed by atoms with Crippen molar-refractivity contribution >= 4 is 0 Å². The van der Waals surface area contributed by atoms with E-state index in [0.717, 1.165) is 24.8 Å². The van der Waals surface area contributed by atoms with E-state index in [1.807, 2.05) is 6.07 Å². The van der Waals surface area contributed by atoms with Crippen molar-refractivity contribution in [1.82, 2.24) is 10.2 Å². The number of rotatable bonds is 6. The molecule has 1 saturated heterocycles. The van der Waals surface area contributed by atoms with Crippen LogP contribution in [0.1, 0.15) is 32.3 Å². The number of nitrogens with zero attached hydrogens (tertiary/aromatic N) is 1. The summed E-state index contributed by atoms with van der Waals surface area (Å²) in [6.07, 6.45) is 2.65. The third-order valence-corrected chi connectivity index (χ3v) is 4.00. The van der Waals surface area contributed by atoms with Crippen LogP contribution in [0.2, 0.25) is 0 Å². The Morgan fingerprint density at radius 1 is 1.35 bits per heavy atom. The zero-order valence-corrected chi connectivity index (χ0v) is 13.1. The molecule has 0 spiro atoms. The Labute approximate surface area is 123 Å². The molecule has 1 aromatic rings. The van der Waals surface area contributed by atoms with Gasteiger partial charge in [0, 0.05) is 24.7 Å². The summed E-state index contributed by atoms with van der Waals surface area (Å²) in [5, 5.41) is 3.57. The van der Waals surface area contributed by atoms with Crippen molar-refractivity contribution in [2.45, 2.75) is 39.3 Å². The number of hydrogen-bond acceptors (Lipinski definition) is 3. The van der Waals surface area contributed by atoms with Gasteiger partial charge in [-0.3, -0.25) is 4.90 Å². The van der Waals surface area contributed by atoms with Crippen LogP contribution in [0.5, 0.6) is 5.75 Å². The number of para-hydroxylation sites is 1. The predicted molar refractivity (Wildman–Crippen MR) is 84.1 cm³/mol. The van der Waals surface area contributed by atoms with Crippen LogP contribution in [-0.2, 0) is 6.54 Å². The summed E-state index contributed by atoms with van der Waals surface area (Å²) >= 11 is 0. The average molecular weight is 276 g/mol. The fraction of sp³-hybridized carbons (Fsp3) is 0.647. The van der Waals surface area contributed by atoms with Gasteiger partial charge in [0.05, 0.1) is 7.11 Å². The first-order chi connectivity index (χ1) is 9.69. The lowest BCUT2D eigenvalue weighted by molar-refractivity contribution is 0.162. The summed E-state index contributed by atoms with van der Waals surface area (Å²) in [5.41, 5.74) is 1.30. The summed E-state index contributed by atoms with van der Waals surface area (Å²) in [7, 11) is 1.75. The molecule has 1 fully saturated rings. The van der Waals surface area contributed by atoms with E-state index in [9.17, 15) is 0 Å². The summed E-state index contributed by atoms with van der Waals surface area (Å²) in [6.45, 7) is 8.97.